The molecule has 22 heavy (non-hydrogen) atoms. The molecule has 2 N–H and O–H groups in total. The average Bonchev–Trinajstić information content (AvgIpc) is 2.88. The van der Waals surface area contributed by atoms with Crippen LogP contribution in [0.4, 0.5) is 4.39 Å². The first-order valence-electron chi connectivity index (χ1n) is 6.88. The van der Waals surface area contributed by atoms with Gasteiger partial charge in [0, 0.05) is 30.4 Å². The van der Waals surface area contributed by atoms with Gasteiger partial charge < -0.3 is 10.6 Å². The summed E-state index contributed by atoms with van der Waals surface area (Å²) in [5.41, 5.74) is 1.59. The predicted molar refractivity (Wildman–Crippen MR) is 83.1 cm³/mol. The van der Waals surface area contributed by atoms with E-state index in [4.69, 9.17) is 11.6 Å². The van der Waals surface area contributed by atoms with Gasteiger partial charge in [0.15, 0.2) is 0 Å². The van der Waals surface area contributed by atoms with Gasteiger partial charge in [0.25, 0.3) is 0 Å². The monoisotopic (exact) mass is 324 g/mol. The van der Waals surface area contributed by atoms with Gasteiger partial charge in [0.2, 0.25) is 5.91 Å². The molecule has 0 aliphatic heterocycles. The fraction of sp³-hybridized carbons (Fsp3) is 0.333. The SMILES string of the molecule is CNC(C(=O)NCCc1ccc(F)cc1Cl)c1cnn(C)c1. The number of benzene rings is 1. The van der Waals surface area contributed by atoms with E-state index in [2.05, 4.69) is 15.7 Å². The van der Waals surface area contributed by atoms with Crippen molar-refractivity contribution < 1.29 is 9.18 Å². The molecule has 1 amide bonds. The van der Waals surface area contributed by atoms with E-state index < -0.39 is 6.04 Å². The van der Waals surface area contributed by atoms with Gasteiger partial charge in [-0.2, -0.15) is 5.10 Å². The molecule has 1 unspecified atom stereocenters. The van der Waals surface area contributed by atoms with E-state index >= 15 is 0 Å². The molecule has 5 nitrogen and oxygen atoms in total. The number of amides is 1. The number of halogens is 2. The molecule has 2 aromatic rings. The minimum absolute atomic E-state index is 0.145. The number of aryl methyl sites for hydroxylation is 1. The lowest BCUT2D eigenvalue weighted by Gasteiger charge is -2.14. The lowest BCUT2D eigenvalue weighted by Crippen LogP contribution is -2.36. The number of carbonyl (C=O) groups is 1. The number of likely N-dealkylation sites (N-methyl/N-ethyl adjacent to an activating group) is 1. The summed E-state index contributed by atoms with van der Waals surface area (Å²) in [6.45, 7) is 0.419. The molecule has 0 bridgehead atoms. The summed E-state index contributed by atoms with van der Waals surface area (Å²) in [6.07, 6.45) is 3.98. The fourth-order valence-corrected chi connectivity index (χ4v) is 2.45. The molecule has 0 fully saturated rings. The Morgan fingerprint density at radius 3 is 2.86 bits per heavy atom. The average molecular weight is 325 g/mol. The zero-order valence-corrected chi connectivity index (χ0v) is 13.2. The molecule has 2 rings (SSSR count). The standard InChI is InChI=1S/C15H18ClFN4O/c1-18-14(11-8-20-21(2)9-11)15(22)19-6-5-10-3-4-12(17)7-13(10)16/h3-4,7-9,14,18H,5-6H2,1-2H3,(H,19,22). The second kappa shape index (κ2) is 7.38. The summed E-state index contributed by atoms with van der Waals surface area (Å²) < 4.78 is 14.6. The minimum Gasteiger partial charge on any atom is -0.354 e. The van der Waals surface area contributed by atoms with Crippen LogP contribution in [0.25, 0.3) is 0 Å². The van der Waals surface area contributed by atoms with E-state index in [1.807, 2.05) is 0 Å². The summed E-state index contributed by atoms with van der Waals surface area (Å²) in [4.78, 5) is 12.2. The zero-order valence-electron chi connectivity index (χ0n) is 12.4. The van der Waals surface area contributed by atoms with Crippen LogP contribution in [-0.2, 0) is 18.3 Å². The van der Waals surface area contributed by atoms with E-state index in [0.717, 1.165) is 11.1 Å². The number of rotatable bonds is 6. The molecule has 1 atom stereocenters. The summed E-state index contributed by atoms with van der Waals surface area (Å²) >= 11 is 5.96. The van der Waals surface area contributed by atoms with E-state index in [0.29, 0.717) is 18.0 Å². The molecule has 0 radical (unpaired) electrons. The molecule has 0 saturated heterocycles. The molecule has 1 aromatic carbocycles. The van der Waals surface area contributed by atoms with Gasteiger partial charge in [-0.25, -0.2) is 4.39 Å². The third kappa shape index (κ3) is 4.05. The topological polar surface area (TPSA) is 59.0 Å². The molecule has 1 aromatic heterocycles. The van der Waals surface area contributed by atoms with Crippen LogP contribution in [0.5, 0.6) is 0 Å². The second-order valence-corrected chi connectivity index (χ2v) is 5.35. The van der Waals surface area contributed by atoms with Crippen LogP contribution in [0, 0.1) is 5.82 Å². The van der Waals surface area contributed by atoms with E-state index in [9.17, 15) is 9.18 Å². The number of hydrogen-bond acceptors (Lipinski definition) is 3. The molecular weight excluding hydrogens is 307 g/mol. The maximum absolute atomic E-state index is 13.0. The van der Waals surface area contributed by atoms with Crippen molar-refractivity contribution in [2.45, 2.75) is 12.5 Å². The quantitative estimate of drug-likeness (QED) is 0.852. The predicted octanol–water partition coefficient (Wildman–Crippen LogP) is 1.83. The lowest BCUT2D eigenvalue weighted by atomic mass is 10.1. The highest BCUT2D eigenvalue weighted by molar-refractivity contribution is 6.31. The first-order chi connectivity index (χ1) is 10.5. The van der Waals surface area contributed by atoms with Crippen molar-refractivity contribution in [3.63, 3.8) is 0 Å². The highest BCUT2D eigenvalue weighted by Crippen LogP contribution is 2.17. The molecule has 1 heterocycles. The molecule has 0 aliphatic rings. The summed E-state index contributed by atoms with van der Waals surface area (Å²) in [7, 11) is 3.51. The highest BCUT2D eigenvalue weighted by Gasteiger charge is 2.19. The van der Waals surface area contributed by atoms with Gasteiger partial charge in [0.05, 0.1) is 6.20 Å². The van der Waals surface area contributed by atoms with Gasteiger partial charge in [-0.3, -0.25) is 9.48 Å². The van der Waals surface area contributed by atoms with Crippen LogP contribution in [0.2, 0.25) is 5.02 Å². The Hall–Kier alpha value is -1.92. The van der Waals surface area contributed by atoms with Crippen LogP contribution in [-0.4, -0.2) is 29.3 Å². The third-order valence-electron chi connectivity index (χ3n) is 3.32. The first-order valence-corrected chi connectivity index (χ1v) is 7.26. The normalized spacial score (nSPS) is 12.2. The number of aromatic nitrogens is 2. The van der Waals surface area contributed by atoms with Gasteiger partial charge >= 0.3 is 0 Å². The number of carbonyl (C=O) groups excluding carboxylic acids is 1. The Morgan fingerprint density at radius 2 is 2.27 bits per heavy atom. The molecule has 0 saturated carbocycles. The van der Waals surface area contributed by atoms with E-state index in [1.165, 1.54) is 12.1 Å². The van der Waals surface area contributed by atoms with Crippen molar-refractivity contribution in [2.24, 2.45) is 7.05 Å². The molecule has 7 heteroatoms. The summed E-state index contributed by atoms with van der Waals surface area (Å²) in [5.74, 6) is -0.515. The van der Waals surface area contributed by atoms with Gasteiger partial charge in [-0.1, -0.05) is 17.7 Å². The van der Waals surface area contributed by atoms with Crippen molar-refractivity contribution in [1.29, 1.82) is 0 Å². The minimum atomic E-state index is -0.461. The zero-order chi connectivity index (χ0) is 16.1. The summed E-state index contributed by atoms with van der Waals surface area (Å²) in [6, 6.07) is 3.79. The Morgan fingerprint density at radius 1 is 1.50 bits per heavy atom. The van der Waals surface area contributed by atoms with Gasteiger partial charge in [-0.05, 0) is 31.2 Å². The number of nitrogens with zero attached hydrogens (tertiary/aromatic N) is 2. The number of nitrogens with one attached hydrogen (secondary N) is 2. The Bertz CT molecular complexity index is 659. The smallest absolute Gasteiger partial charge is 0.241 e. The van der Waals surface area contributed by atoms with Crippen molar-refractivity contribution >= 4 is 17.5 Å². The maximum Gasteiger partial charge on any atom is 0.241 e. The molecule has 118 valence electrons. The van der Waals surface area contributed by atoms with Crippen LogP contribution in [0.3, 0.4) is 0 Å². The van der Waals surface area contributed by atoms with Crippen molar-refractivity contribution in [1.82, 2.24) is 20.4 Å². The van der Waals surface area contributed by atoms with E-state index in [1.54, 1.807) is 37.2 Å². The molecule has 0 aliphatic carbocycles. The van der Waals surface area contributed by atoms with Crippen molar-refractivity contribution in [3.8, 4) is 0 Å². The Balaban J connectivity index is 1.91. The van der Waals surface area contributed by atoms with Crippen LogP contribution < -0.4 is 10.6 Å². The van der Waals surface area contributed by atoms with Crippen LogP contribution >= 0.6 is 11.6 Å². The Labute approximate surface area is 133 Å². The summed E-state index contributed by atoms with van der Waals surface area (Å²) in [5, 5.41) is 10.2. The first kappa shape index (κ1) is 16.5. The second-order valence-electron chi connectivity index (χ2n) is 4.95. The van der Waals surface area contributed by atoms with Crippen LogP contribution in [0.1, 0.15) is 17.2 Å². The fourth-order valence-electron chi connectivity index (χ4n) is 2.19. The lowest BCUT2D eigenvalue weighted by molar-refractivity contribution is -0.123. The molecule has 0 spiro atoms. The molecular formula is C15H18ClFN4O. The largest absolute Gasteiger partial charge is 0.354 e. The third-order valence-corrected chi connectivity index (χ3v) is 3.67. The maximum atomic E-state index is 13.0. The number of hydrogen-bond donors (Lipinski definition) is 2. The highest BCUT2D eigenvalue weighted by atomic mass is 35.5. The van der Waals surface area contributed by atoms with Gasteiger partial charge in [-0.15, -0.1) is 0 Å². The van der Waals surface area contributed by atoms with Crippen molar-refractivity contribution in [3.05, 3.63) is 52.6 Å². The van der Waals surface area contributed by atoms with E-state index in [-0.39, 0.29) is 11.7 Å². The van der Waals surface area contributed by atoms with Crippen molar-refractivity contribution in [2.75, 3.05) is 13.6 Å². The van der Waals surface area contributed by atoms with Gasteiger partial charge in [0.1, 0.15) is 11.9 Å². The van der Waals surface area contributed by atoms with Crippen LogP contribution in [0.15, 0.2) is 30.6 Å². The Kier molecular flexibility index (Phi) is 5.51.